The van der Waals surface area contributed by atoms with E-state index < -0.39 is 12.1 Å². The van der Waals surface area contributed by atoms with E-state index in [0.717, 1.165) is 0 Å². The molecule has 0 radical (unpaired) electrons. The molecule has 0 bridgehead atoms. The van der Waals surface area contributed by atoms with Gasteiger partial charge in [0.05, 0.1) is 30.3 Å². The SMILES string of the molecule is CC1CN(C(=O)C(C)OC(=O)CCn2cnc3sccc3c2=O)CC(C)O1. The summed E-state index contributed by atoms with van der Waals surface area (Å²) in [5.74, 6) is -0.758. The molecule has 3 rings (SSSR count). The maximum absolute atomic E-state index is 12.5. The van der Waals surface area contributed by atoms with Crippen molar-refractivity contribution in [3.8, 4) is 0 Å². The number of fused-ring (bicyclic) bond motifs is 1. The first-order valence-corrected chi connectivity index (χ1v) is 9.79. The Kier molecular flexibility index (Phi) is 5.91. The molecular formula is C18H23N3O5S. The number of aryl methyl sites for hydroxylation is 1. The van der Waals surface area contributed by atoms with Crippen LogP contribution in [0.25, 0.3) is 10.2 Å². The van der Waals surface area contributed by atoms with E-state index in [1.54, 1.807) is 23.3 Å². The van der Waals surface area contributed by atoms with Gasteiger partial charge in [-0.15, -0.1) is 11.3 Å². The third kappa shape index (κ3) is 4.54. The number of rotatable bonds is 5. The predicted octanol–water partition coefficient (Wildman–Crippen LogP) is 1.42. The summed E-state index contributed by atoms with van der Waals surface area (Å²) < 4.78 is 12.3. The summed E-state index contributed by atoms with van der Waals surface area (Å²) in [5, 5.41) is 2.34. The van der Waals surface area contributed by atoms with Crippen molar-refractivity contribution < 1.29 is 19.1 Å². The first-order valence-electron chi connectivity index (χ1n) is 8.91. The van der Waals surface area contributed by atoms with Crippen molar-refractivity contribution in [2.45, 2.75) is 52.0 Å². The summed E-state index contributed by atoms with van der Waals surface area (Å²) in [7, 11) is 0. The Morgan fingerprint density at radius 2 is 2.07 bits per heavy atom. The van der Waals surface area contributed by atoms with E-state index in [2.05, 4.69) is 4.98 Å². The zero-order valence-corrected chi connectivity index (χ0v) is 16.4. The number of hydrogen-bond donors (Lipinski definition) is 0. The van der Waals surface area contributed by atoms with Gasteiger partial charge in [0, 0.05) is 19.6 Å². The predicted molar refractivity (Wildman–Crippen MR) is 101 cm³/mol. The smallest absolute Gasteiger partial charge is 0.308 e. The number of aromatic nitrogens is 2. The van der Waals surface area contributed by atoms with Crippen molar-refractivity contribution in [2.75, 3.05) is 13.1 Å². The highest BCUT2D eigenvalue weighted by molar-refractivity contribution is 7.16. The Labute approximate surface area is 160 Å². The number of esters is 1. The molecule has 27 heavy (non-hydrogen) atoms. The van der Waals surface area contributed by atoms with Crippen LogP contribution in [0, 0.1) is 0 Å². The highest BCUT2D eigenvalue weighted by atomic mass is 32.1. The molecule has 146 valence electrons. The normalized spacial score (nSPS) is 21.2. The molecule has 2 aromatic heterocycles. The summed E-state index contributed by atoms with van der Waals surface area (Å²) in [4.78, 5) is 43.5. The molecule has 0 aliphatic carbocycles. The van der Waals surface area contributed by atoms with Crippen LogP contribution in [0.4, 0.5) is 0 Å². The molecule has 1 amide bonds. The van der Waals surface area contributed by atoms with Gasteiger partial charge in [-0.05, 0) is 32.2 Å². The minimum atomic E-state index is -0.871. The minimum absolute atomic E-state index is 0.00916. The van der Waals surface area contributed by atoms with Gasteiger partial charge < -0.3 is 14.4 Å². The van der Waals surface area contributed by atoms with Gasteiger partial charge in [-0.1, -0.05) is 0 Å². The number of morpholine rings is 1. The van der Waals surface area contributed by atoms with Crippen LogP contribution in [0.3, 0.4) is 0 Å². The molecule has 3 unspecified atom stereocenters. The molecule has 8 nitrogen and oxygen atoms in total. The third-order valence-corrected chi connectivity index (χ3v) is 5.22. The van der Waals surface area contributed by atoms with E-state index in [-0.39, 0.29) is 36.6 Å². The van der Waals surface area contributed by atoms with Gasteiger partial charge in [0.2, 0.25) is 0 Å². The number of carbonyl (C=O) groups excluding carboxylic acids is 2. The van der Waals surface area contributed by atoms with Crippen LogP contribution in [-0.4, -0.2) is 57.7 Å². The van der Waals surface area contributed by atoms with Crippen molar-refractivity contribution >= 4 is 33.4 Å². The average Bonchev–Trinajstić information content (AvgIpc) is 3.09. The second kappa shape index (κ2) is 8.18. The molecule has 0 spiro atoms. The van der Waals surface area contributed by atoms with E-state index in [0.29, 0.717) is 23.3 Å². The molecule has 1 fully saturated rings. The van der Waals surface area contributed by atoms with Crippen LogP contribution >= 0.6 is 11.3 Å². The van der Waals surface area contributed by atoms with E-state index in [4.69, 9.17) is 9.47 Å². The van der Waals surface area contributed by atoms with Crippen LogP contribution in [0.1, 0.15) is 27.2 Å². The Hall–Kier alpha value is -2.26. The Morgan fingerprint density at radius 3 is 2.78 bits per heavy atom. The fourth-order valence-electron chi connectivity index (χ4n) is 3.19. The quantitative estimate of drug-likeness (QED) is 0.714. The van der Waals surface area contributed by atoms with Gasteiger partial charge in [0.15, 0.2) is 6.10 Å². The standard InChI is InChI=1S/C18H23N3O5S/c1-11-8-21(9-12(2)25-11)17(23)13(3)26-15(22)4-6-20-10-19-16-14(18(20)24)5-7-27-16/h5,7,10-13H,4,6,8-9H2,1-3H3. The maximum Gasteiger partial charge on any atom is 0.308 e. The van der Waals surface area contributed by atoms with Crippen LogP contribution in [-0.2, 0) is 25.6 Å². The van der Waals surface area contributed by atoms with Gasteiger partial charge in [-0.3, -0.25) is 19.0 Å². The molecule has 0 saturated carbocycles. The van der Waals surface area contributed by atoms with E-state index >= 15 is 0 Å². The largest absolute Gasteiger partial charge is 0.452 e. The van der Waals surface area contributed by atoms with Crippen molar-refractivity contribution in [3.05, 3.63) is 28.1 Å². The highest BCUT2D eigenvalue weighted by Gasteiger charge is 2.30. The van der Waals surface area contributed by atoms with Crippen LogP contribution < -0.4 is 5.56 Å². The van der Waals surface area contributed by atoms with Crippen molar-refractivity contribution in [1.82, 2.24) is 14.5 Å². The van der Waals surface area contributed by atoms with Gasteiger partial charge in [-0.25, -0.2) is 4.98 Å². The van der Waals surface area contributed by atoms with E-state index in [1.807, 2.05) is 13.8 Å². The summed E-state index contributed by atoms with van der Waals surface area (Å²) in [5.41, 5.74) is -0.186. The van der Waals surface area contributed by atoms with Crippen molar-refractivity contribution in [3.63, 3.8) is 0 Å². The Balaban J connectivity index is 1.54. The van der Waals surface area contributed by atoms with Crippen LogP contribution in [0.5, 0.6) is 0 Å². The zero-order chi connectivity index (χ0) is 19.6. The molecule has 0 aromatic carbocycles. The Morgan fingerprint density at radius 1 is 1.37 bits per heavy atom. The second-order valence-corrected chi connectivity index (χ2v) is 7.66. The summed E-state index contributed by atoms with van der Waals surface area (Å²) in [6.07, 6.45) is 0.452. The molecule has 9 heteroatoms. The maximum atomic E-state index is 12.5. The third-order valence-electron chi connectivity index (χ3n) is 4.39. The van der Waals surface area contributed by atoms with E-state index in [9.17, 15) is 14.4 Å². The molecular weight excluding hydrogens is 370 g/mol. The van der Waals surface area contributed by atoms with Gasteiger partial charge in [-0.2, -0.15) is 0 Å². The molecule has 1 saturated heterocycles. The molecule has 3 atom stereocenters. The first kappa shape index (κ1) is 19.5. The number of hydrogen-bond acceptors (Lipinski definition) is 7. The monoisotopic (exact) mass is 393 g/mol. The minimum Gasteiger partial charge on any atom is -0.452 e. The molecule has 3 heterocycles. The summed E-state index contributed by atoms with van der Waals surface area (Å²) >= 11 is 1.39. The lowest BCUT2D eigenvalue weighted by atomic mass is 10.2. The number of thiophene rings is 1. The fraction of sp³-hybridized carbons (Fsp3) is 0.556. The fourth-order valence-corrected chi connectivity index (χ4v) is 3.91. The average molecular weight is 393 g/mol. The van der Waals surface area contributed by atoms with Crippen molar-refractivity contribution in [1.29, 1.82) is 0 Å². The van der Waals surface area contributed by atoms with E-state index in [1.165, 1.54) is 22.2 Å². The van der Waals surface area contributed by atoms with Crippen molar-refractivity contribution in [2.24, 2.45) is 0 Å². The summed E-state index contributed by atoms with van der Waals surface area (Å²) in [6, 6.07) is 1.72. The first-order chi connectivity index (χ1) is 12.8. The molecule has 0 N–H and O–H groups in total. The van der Waals surface area contributed by atoms with Crippen LogP contribution in [0.2, 0.25) is 0 Å². The highest BCUT2D eigenvalue weighted by Crippen LogP contribution is 2.14. The lowest BCUT2D eigenvalue weighted by Gasteiger charge is -2.36. The van der Waals surface area contributed by atoms with Gasteiger partial charge >= 0.3 is 5.97 Å². The van der Waals surface area contributed by atoms with Gasteiger partial charge in [0.25, 0.3) is 11.5 Å². The van der Waals surface area contributed by atoms with Gasteiger partial charge in [0.1, 0.15) is 4.83 Å². The zero-order valence-electron chi connectivity index (χ0n) is 15.6. The number of ether oxygens (including phenoxy) is 2. The molecule has 1 aliphatic rings. The lowest BCUT2D eigenvalue weighted by molar-refractivity contribution is -0.164. The lowest BCUT2D eigenvalue weighted by Crippen LogP contribution is -2.51. The Bertz CT molecular complexity index is 882. The second-order valence-electron chi connectivity index (χ2n) is 6.77. The topological polar surface area (TPSA) is 90.7 Å². The molecule has 1 aliphatic heterocycles. The molecule has 2 aromatic rings. The summed E-state index contributed by atoms with van der Waals surface area (Å²) in [6.45, 7) is 6.49. The number of amides is 1. The van der Waals surface area contributed by atoms with Crippen LogP contribution in [0.15, 0.2) is 22.6 Å². The number of nitrogens with zero attached hydrogens (tertiary/aromatic N) is 3. The number of carbonyl (C=O) groups is 2.